The first-order valence-corrected chi connectivity index (χ1v) is 7.67. The fourth-order valence-corrected chi connectivity index (χ4v) is 2.47. The molecule has 0 spiro atoms. The lowest BCUT2D eigenvalue weighted by molar-refractivity contribution is 0.863. The van der Waals surface area contributed by atoms with E-state index in [1.807, 2.05) is 25.1 Å². The summed E-state index contributed by atoms with van der Waals surface area (Å²) in [6.07, 6.45) is 5.24. The van der Waals surface area contributed by atoms with Gasteiger partial charge in [0.15, 0.2) is 5.96 Å². The molecule has 4 nitrogen and oxygen atoms in total. The molecule has 22 heavy (non-hydrogen) atoms. The third-order valence-electron chi connectivity index (χ3n) is 2.70. The molecule has 1 aromatic heterocycles. The third-order valence-corrected chi connectivity index (χ3v) is 3.53. The predicted octanol–water partition coefficient (Wildman–Crippen LogP) is 3.12. The summed E-state index contributed by atoms with van der Waals surface area (Å²) in [6, 6.07) is 10.1. The summed E-state index contributed by atoms with van der Waals surface area (Å²) in [5.41, 5.74) is 2.12. The maximum absolute atomic E-state index is 5.24. The van der Waals surface area contributed by atoms with Gasteiger partial charge in [-0.2, -0.15) is 0 Å². The summed E-state index contributed by atoms with van der Waals surface area (Å²) < 4.78 is 0. The van der Waals surface area contributed by atoms with Gasteiger partial charge in [0.1, 0.15) is 5.01 Å². The normalized spacial score (nSPS) is 10.5. The molecule has 0 saturated heterocycles. The van der Waals surface area contributed by atoms with E-state index in [1.54, 1.807) is 11.3 Å². The molecule has 0 amide bonds. The minimum atomic E-state index is 0. The molecule has 1 heterocycles. The van der Waals surface area contributed by atoms with Crippen LogP contribution >= 0.6 is 35.3 Å². The lowest BCUT2D eigenvalue weighted by atomic mass is 10.2. The van der Waals surface area contributed by atoms with Crippen LogP contribution in [0.25, 0.3) is 11.3 Å². The highest BCUT2D eigenvalue weighted by Gasteiger charge is 2.04. The Labute approximate surface area is 152 Å². The molecular formula is C16H19IN4S. The van der Waals surface area contributed by atoms with E-state index in [9.17, 15) is 0 Å². The summed E-state index contributed by atoms with van der Waals surface area (Å²) in [4.78, 5) is 9.08. The van der Waals surface area contributed by atoms with Crippen LogP contribution in [0.3, 0.4) is 0 Å². The van der Waals surface area contributed by atoms with Crippen molar-refractivity contribution < 1.29 is 0 Å². The molecular weight excluding hydrogens is 407 g/mol. The Balaban J connectivity index is 0.00000242. The molecule has 2 aromatic rings. The predicted molar refractivity (Wildman–Crippen MR) is 105 cm³/mol. The van der Waals surface area contributed by atoms with Crippen LogP contribution in [0.1, 0.15) is 11.9 Å². The highest BCUT2D eigenvalue weighted by atomic mass is 127. The minimum absolute atomic E-state index is 0. The van der Waals surface area contributed by atoms with Crippen molar-refractivity contribution in [3.8, 4) is 23.6 Å². The van der Waals surface area contributed by atoms with Crippen LogP contribution in [0.15, 0.2) is 40.7 Å². The Kier molecular flexibility index (Phi) is 8.55. The van der Waals surface area contributed by atoms with Gasteiger partial charge in [0.05, 0.1) is 18.8 Å². The van der Waals surface area contributed by atoms with Crippen molar-refractivity contribution in [2.24, 2.45) is 4.99 Å². The second-order valence-electron chi connectivity index (χ2n) is 4.25. The van der Waals surface area contributed by atoms with Crippen LogP contribution in [0.2, 0.25) is 0 Å². The van der Waals surface area contributed by atoms with E-state index in [2.05, 4.69) is 44.0 Å². The highest BCUT2D eigenvalue weighted by Crippen LogP contribution is 2.21. The molecule has 0 saturated carbocycles. The number of aliphatic imine (C=N–C) groups is 1. The smallest absolute Gasteiger partial charge is 0.192 e. The van der Waals surface area contributed by atoms with Crippen molar-refractivity contribution in [2.75, 3.05) is 13.1 Å². The fraction of sp³-hybridized carbons (Fsp3) is 0.250. The molecule has 0 aliphatic carbocycles. The second-order valence-corrected chi connectivity index (χ2v) is 5.19. The van der Waals surface area contributed by atoms with Gasteiger partial charge in [-0.1, -0.05) is 36.3 Å². The lowest BCUT2D eigenvalue weighted by Gasteiger charge is -2.07. The van der Waals surface area contributed by atoms with Crippen molar-refractivity contribution in [1.82, 2.24) is 15.6 Å². The first kappa shape index (κ1) is 18.5. The Morgan fingerprint density at radius 2 is 2.09 bits per heavy atom. The second kappa shape index (κ2) is 10.2. The van der Waals surface area contributed by atoms with Gasteiger partial charge >= 0.3 is 0 Å². The minimum Gasteiger partial charge on any atom is -0.357 e. The van der Waals surface area contributed by atoms with Gasteiger partial charge in [-0.05, 0) is 6.92 Å². The van der Waals surface area contributed by atoms with Gasteiger partial charge in [0.25, 0.3) is 0 Å². The first-order chi connectivity index (χ1) is 10.3. The van der Waals surface area contributed by atoms with E-state index >= 15 is 0 Å². The van der Waals surface area contributed by atoms with Gasteiger partial charge in [-0.15, -0.1) is 41.7 Å². The number of hydrogen-bond donors (Lipinski definition) is 2. The molecule has 0 bridgehead atoms. The molecule has 0 unspecified atom stereocenters. The number of thiazole rings is 1. The van der Waals surface area contributed by atoms with Crippen LogP contribution in [0.5, 0.6) is 0 Å². The van der Waals surface area contributed by atoms with Crippen molar-refractivity contribution in [3.05, 3.63) is 40.7 Å². The average molecular weight is 426 g/mol. The largest absolute Gasteiger partial charge is 0.357 e. The van der Waals surface area contributed by atoms with Crippen molar-refractivity contribution in [3.63, 3.8) is 0 Å². The number of aromatic nitrogens is 1. The lowest BCUT2D eigenvalue weighted by Crippen LogP contribution is -2.37. The van der Waals surface area contributed by atoms with E-state index in [4.69, 9.17) is 6.42 Å². The number of terminal acetylenes is 1. The molecule has 0 fully saturated rings. The fourth-order valence-electron chi connectivity index (χ4n) is 1.75. The number of rotatable bonds is 5. The summed E-state index contributed by atoms with van der Waals surface area (Å²) in [5.74, 6) is 3.25. The molecule has 0 aliphatic rings. The zero-order valence-electron chi connectivity index (χ0n) is 12.4. The van der Waals surface area contributed by atoms with Crippen LogP contribution in [0, 0.1) is 12.3 Å². The number of guanidine groups is 1. The maximum atomic E-state index is 5.24. The zero-order chi connectivity index (χ0) is 14.9. The standard InChI is InChI=1S/C16H18N4S.HI/c1-3-10-18-16(17-4-2)19-11-15-20-14(12-21-15)13-8-6-5-7-9-13;/h1,5-9,12H,4,10-11H2,2H3,(H2,17,18,19);1H. The maximum Gasteiger partial charge on any atom is 0.192 e. The SMILES string of the molecule is C#CCNC(=NCc1nc(-c2ccccc2)cs1)NCC.I. The summed E-state index contributed by atoms with van der Waals surface area (Å²) >= 11 is 1.61. The van der Waals surface area contributed by atoms with Gasteiger partial charge in [0, 0.05) is 17.5 Å². The highest BCUT2D eigenvalue weighted by molar-refractivity contribution is 14.0. The Hall–Kier alpha value is -1.59. The van der Waals surface area contributed by atoms with Gasteiger partial charge in [-0.25, -0.2) is 9.98 Å². The van der Waals surface area contributed by atoms with Gasteiger partial charge < -0.3 is 10.6 Å². The Bertz CT molecular complexity index is 631. The molecule has 116 valence electrons. The average Bonchev–Trinajstić information content (AvgIpc) is 3.00. The van der Waals surface area contributed by atoms with E-state index in [-0.39, 0.29) is 24.0 Å². The van der Waals surface area contributed by atoms with Crippen LogP contribution < -0.4 is 10.6 Å². The quantitative estimate of drug-likeness (QED) is 0.334. The monoisotopic (exact) mass is 426 g/mol. The summed E-state index contributed by atoms with van der Waals surface area (Å²) in [7, 11) is 0. The van der Waals surface area contributed by atoms with Gasteiger partial charge in [-0.3, -0.25) is 0 Å². The van der Waals surface area contributed by atoms with E-state index in [1.165, 1.54) is 0 Å². The number of nitrogens with one attached hydrogen (secondary N) is 2. The number of benzene rings is 1. The van der Waals surface area contributed by atoms with E-state index in [0.29, 0.717) is 19.0 Å². The van der Waals surface area contributed by atoms with Gasteiger partial charge in [0.2, 0.25) is 0 Å². The first-order valence-electron chi connectivity index (χ1n) is 6.79. The molecule has 6 heteroatoms. The van der Waals surface area contributed by atoms with Crippen molar-refractivity contribution >= 4 is 41.3 Å². The number of nitrogens with zero attached hydrogens (tertiary/aromatic N) is 2. The molecule has 1 aromatic carbocycles. The van der Waals surface area contributed by atoms with Crippen LogP contribution in [0.4, 0.5) is 0 Å². The molecule has 0 radical (unpaired) electrons. The molecule has 0 aliphatic heterocycles. The summed E-state index contributed by atoms with van der Waals surface area (Å²) in [6.45, 7) is 3.81. The Morgan fingerprint density at radius 1 is 1.32 bits per heavy atom. The van der Waals surface area contributed by atoms with Crippen molar-refractivity contribution in [2.45, 2.75) is 13.5 Å². The zero-order valence-corrected chi connectivity index (χ0v) is 15.5. The topological polar surface area (TPSA) is 49.3 Å². The van der Waals surface area contributed by atoms with Crippen molar-refractivity contribution in [1.29, 1.82) is 0 Å². The molecule has 0 atom stereocenters. The summed E-state index contributed by atoms with van der Waals surface area (Å²) in [5, 5.41) is 9.24. The molecule has 2 rings (SSSR count). The number of halogens is 1. The Morgan fingerprint density at radius 3 is 2.77 bits per heavy atom. The van der Waals surface area contributed by atoms with E-state index in [0.717, 1.165) is 22.8 Å². The third kappa shape index (κ3) is 5.66. The molecule has 2 N–H and O–H groups in total. The van der Waals surface area contributed by atoms with Crippen LogP contribution in [-0.2, 0) is 6.54 Å². The van der Waals surface area contributed by atoms with Crippen LogP contribution in [-0.4, -0.2) is 24.0 Å². The number of hydrogen-bond acceptors (Lipinski definition) is 3. The van der Waals surface area contributed by atoms with E-state index < -0.39 is 0 Å².